The van der Waals surface area contributed by atoms with Crippen molar-refractivity contribution in [3.63, 3.8) is 0 Å². The van der Waals surface area contributed by atoms with E-state index < -0.39 is 0 Å². The summed E-state index contributed by atoms with van der Waals surface area (Å²) < 4.78 is 0. The molecule has 2 aliphatic rings. The molecule has 5 aromatic rings. The molecule has 39 heavy (non-hydrogen) atoms. The molecule has 5 heterocycles. The fraction of sp³-hybridized carbons (Fsp3) is 0.323. The maximum Gasteiger partial charge on any atom is 0.177 e. The number of pyridine rings is 1. The number of imidazole rings is 2. The summed E-state index contributed by atoms with van der Waals surface area (Å²) >= 11 is 0. The van der Waals surface area contributed by atoms with E-state index in [9.17, 15) is 0 Å². The fourth-order valence-electron chi connectivity index (χ4n) is 5.84. The molecule has 0 saturated carbocycles. The van der Waals surface area contributed by atoms with Gasteiger partial charge in [-0.25, -0.2) is 15.0 Å². The summed E-state index contributed by atoms with van der Waals surface area (Å²) in [6.45, 7) is 6.65. The van der Waals surface area contributed by atoms with Gasteiger partial charge in [0.05, 0.1) is 29.5 Å². The van der Waals surface area contributed by atoms with E-state index in [2.05, 4.69) is 99.0 Å². The van der Waals surface area contributed by atoms with Crippen molar-refractivity contribution in [1.29, 1.82) is 0 Å². The quantitative estimate of drug-likeness (QED) is 0.206. The second-order valence-electron chi connectivity index (χ2n) is 11.2. The molecule has 7 rings (SSSR count). The zero-order valence-electron chi connectivity index (χ0n) is 22.2. The Kier molecular flexibility index (Phi) is 6.97. The number of hydrogen-bond acceptors (Lipinski definition) is 5. The maximum atomic E-state index is 4.73. The van der Waals surface area contributed by atoms with Crippen molar-refractivity contribution in [2.75, 3.05) is 13.1 Å². The van der Waals surface area contributed by atoms with E-state index in [4.69, 9.17) is 4.98 Å². The number of rotatable bonds is 5. The molecule has 8 heteroatoms. The van der Waals surface area contributed by atoms with E-state index in [0.717, 1.165) is 71.1 Å². The lowest BCUT2D eigenvalue weighted by Crippen LogP contribution is -2.14. The topological polar surface area (TPSA) is 94.3 Å². The summed E-state index contributed by atoms with van der Waals surface area (Å²) in [5, 5.41) is 7.10. The number of aromatic amines is 2. The molecule has 4 N–H and O–H groups in total. The van der Waals surface area contributed by atoms with Crippen LogP contribution in [-0.2, 0) is 0 Å². The van der Waals surface area contributed by atoms with Crippen LogP contribution in [0.25, 0.3) is 44.7 Å². The van der Waals surface area contributed by atoms with Crippen LogP contribution in [0.4, 0.5) is 0 Å². The molecule has 0 spiro atoms. The van der Waals surface area contributed by atoms with Gasteiger partial charge in [0.15, 0.2) is 5.65 Å². The predicted molar refractivity (Wildman–Crippen MR) is 159 cm³/mol. The van der Waals surface area contributed by atoms with Gasteiger partial charge in [0.25, 0.3) is 0 Å². The average molecular weight is 540 g/mol. The largest absolute Gasteiger partial charge is 0.341 e. The highest BCUT2D eigenvalue weighted by molar-refractivity contribution is 5.85. The van der Waals surface area contributed by atoms with Gasteiger partial charge in [0.1, 0.15) is 11.6 Å². The van der Waals surface area contributed by atoms with Crippen molar-refractivity contribution in [2.45, 2.75) is 38.8 Å². The molecule has 0 amide bonds. The van der Waals surface area contributed by atoms with Crippen LogP contribution in [0.1, 0.15) is 50.4 Å². The van der Waals surface area contributed by atoms with E-state index in [0.29, 0.717) is 17.9 Å². The molecule has 2 saturated heterocycles. The van der Waals surface area contributed by atoms with Gasteiger partial charge in [-0.1, -0.05) is 62.4 Å². The lowest BCUT2D eigenvalue weighted by Gasteiger charge is -2.07. The van der Waals surface area contributed by atoms with Crippen molar-refractivity contribution in [3.8, 4) is 33.5 Å². The molecular weight excluding hydrogens is 506 g/mol. The number of aromatic nitrogens is 5. The van der Waals surface area contributed by atoms with Crippen molar-refractivity contribution >= 4 is 23.6 Å². The van der Waals surface area contributed by atoms with Crippen LogP contribution < -0.4 is 10.6 Å². The second kappa shape index (κ2) is 10.6. The number of hydrogen-bond donors (Lipinski definition) is 4. The summed E-state index contributed by atoms with van der Waals surface area (Å²) in [7, 11) is 0. The molecule has 2 aliphatic heterocycles. The van der Waals surface area contributed by atoms with Gasteiger partial charge in [0, 0.05) is 11.8 Å². The van der Waals surface area contributed by atoms with Gasteiger partial charge in [-0.15, -0.1) is 12.4 Å². The van der Waals surface area contributed by atoms with Crippen LogP contribution in [0, 0.1) is 11.8 Å². The third-order valence-electron chi connectivity index (χ3n) is 8.06. The second-order valence-corrected chi connectivity index (χ2v) is 11.2. The molecule has 2 fully saturated rings. The number of halogens is 1. The standard InChI is InChI=1S/C31H33N7.ClH/c1-18-11-25(32-14-18)29-35-17-28(37-29)23-9-7-21(8-10-23)20-3-5-22(6-4-20)24-13-27-30(34-16-24)38-31(36-27)26-12-19(2)15-33-26;/h3-10,13,16-19,25-26,32-33H,11-12,14-15H2,1-2H3,(H,35,37)(H,34,36,38);1H/t18-,19-,25-,26-;/m0./s1. The first-order chi connectivity index (χ1) is 18.6. The maximum absolute atomic E-state index is 4.73. The Bertz CT molecular complexity index is 1570. The first-order valence-corrected chi connectivity index (χ1v) is 13.7. The Morgan fingerprint density at radius 1 is 0.641 bits per heavy atom. The highest BCUT2D eigenvalue weighted by Gasteiger charge is 2.25. The van der Waals surface area contributed by atoms with E-state index in [1.165, 1.54) is 11.1 Å². The molecule has 0 radical (unpaired) electrons. The van der Waals surface area contributed by atoms with Crippen LogP contribution >= 0.6 is 12.4 Å². The zero-order chi connectivity index (χ0) is 25.6. The van der Waals surface area contributed by atoms with Crippen LogP contribution in [-0.4, -0.2) is 38.0 Å². The average Bonchev–Trinajstić information content (AvgIpc) is 3.75. The first kappa shape index (κ1) is 25.7. The molecule has 0 unspecified atom stereocenters. The SMILES string of the molecule is C[C@@H]1CN[C@H](c2ncc(-c3ccc(-c4ccc(-c5cnc6nc([C@@H]7C[C@H](C)CN7)[nH]c6c5)cc4)cc3)[nH]2)C1.Cl. The molecule has 2 aromatic carbocycles. The van der Waals surface area contributed by atoms with Crippen LogP contribution in [0.2, 0.25) is 0 Å². The monoisotopic (exact) mass is 539 g/mol. The number of benzene rings is 2. The number of nitrogens with zero attached hydrogens (tertiary/aromatic N) is 3. The Morgan fingerprint density at radius 3 is 1.79 bits per heavy atom. The fourth-order valence-corrected chi connectivity index (χ4v) is 5.84. The van der Waals surface area contributed by atoms with Gasteiger partial charge >= 0.3 is 0 Å². The Hall–Kier alpha value is -3.52. The van der Waals surface area contributed by atoms with Crippen LogP contribution in [0.3, 0.4) is 0 Å². The van der Waals surface area contributed by atoms with E-state index in [1.807, 2.05) is 12.4 Å². The van der Waals surface area contributed by atoms with E-state index in [-0.39, 0.29) is 18.4 Å². The Morgan fingerprint density at radius 2 is 1.21 bits per heavy atom. The van der Waals surface area contributed by atoms with Crippen molar-refractivity contribution in [3.05, 3.63) is 78.6 Å². The minimum atomic E-state index is 0. The van der Waals surface area contributed by atoms with Gasteiger partial charge in [-0.3, -0.25) is 0 Å². The Labute approximate surface area is 234 Å². The first-order valence-electron chi connectivity index (χ1n) is 13.7. The summed E-state index contributed by atoms with van der Waals surface area (Å²) in [4.78, 5) is 21.0. The normalized spacial score (nSPS) is 22.8. The smallest absolute Gasteiger partial charge is 0.177 e. The summed E-state index contributed by atoms with van der Waals surface area (Å²) in [5.74, 6) is 3.39. The summed E-state index contributed by atoms with van der Waals surface area (Å²) in [6.07, 6.45) is 6.10. The van der Waals surface area contributed by atoms with Crippen molar-refractivity contribution in [1.82, 2.24) is 35.6 Å². The molecule has 0 aliphatic carbocycles. The minimum Gasteiger partial charge on any atom is -0.341 e. The van der Waals surface area contributed by atoms with Gasteiger partial charge in [-0.2, -0.15) is 0 Å². The number of nitrogens with one attached hydrogen (secondary N) is 4. The third-order valence-corrected chi connectivity index (χ3v) is 8.06. The minimum absolute atomic E-state index is 0. The van der Waals surface area contributed by atoms with E-state index in [1.54, 1.807) is 0 Å². The highest BCUT2D eigenvalue weighted by Crippen LogP contribution is 2.31. The summed E-state index contributed by atoms with van der Waals surface area (Å²) in [5.41, 5.74) is 8.58. The predicted octanol–water partition coefficient (Wildman–Crippen LogP) is 6.44. The zero-order valence-corrected chi connectivity index (χ0v) is 23.1. The van der Waals surface area contributed by atoms with Crippen molar-refractivity contribution in [2.24, 2.45) is 11.8 Å². The molecule has 7 nitrogen and oxygen atoms in total. The molecule has 0 bridgehead atoms. The van der Waals surface area contributed by atoms with Gasteiger partial charge < -0.3 is 20.6 Å². The molecule has 4 atom stereocenters. The van der Waals surface area contributed by atoms with Crippen LogP contribution in [0.5, 0.6) is 0 Å². The Balaban J connectivity index is 0.00000277. The molecule has 200 valence electrons. The van der Waals surface area contributed by atoms with E-state index >= 15 is 0 Å². The molecule has 3 aromatic heterocycles. The van der Waals surface area contributed by atoms with Gasteiger partial charge in [-0.05, 0) is 66.1 Å². The molecular formula is C31H34ClN7. The highest BCUT2D eigenvalue weighted by atomic mass is 35.5. The number of H-pyrrole nitrogens is 2. The van der Waals surface area contributed by atoms with Crippen LogP contribution in [0.15, 0.2) is 67.0 Å². The number of fused-ring (bicyclic) bond motifs is 1. The van der Waals surface area contributed by atoms with Gasteiger partial charge in [0.2, 0.25) is 0 Å². The summed E-state index contributed by atoms with van der Waals surface area (Å²) in [6, 6.07) is 20.2. The third kappa shape index (κ3) is 5.10. The lowest BCUT2D eigenvalue weighted by atomic mass is 10.00. The van der Waals surface area contributed by atoms with Crippen molar-refractivity contribution < 1.29 is 0 Å². The lowest BCUT2D eigenvalue weighted by molar-refractivity contribution is 0.588.